The van der Waals surface area contributed by atoms with E-state index in [1.54, 1.807) is 11.3 Å². The molecular weight excluding hydrogens is 296 g/mol. The number of thiazole rings is 1. The molecule has 6 heteroatoms. The van der Waals surface area contributed by atoms with E-state index in [1.165, 1.54) is 5.69 Å². The first kappa shape index (κ1) is 16.5. The number of carbonyl (C=O) groups is 1. The Hall–Kier alpha value is -1.82. The predicted molar refractivity (Wildman–Crippen MR) is 90.1 cm³/mol. The minimum absolute atomic E-state index is 0.0787. The van der Waals surface area contributed by atoms with Crippen LogP contribution >= 0.6 is 11.3 Å². The van der Waals surface area contributed by atoms with Crippen LogP contribution in [0.1, 0.15) is 42.7 Å². The highest BCUT2D eigenvalue weighted by molar-refractivity contribution is 7.09. The number of amides is 2. The van der Waals surface area contributed by atoms with E-state index in [0.29, 0.717) is 0 Å². The summed E-state index contributed by atoms with van der Waals surface area (Å²) in [5.41, 5.74) is 2.19. The predicted octanol–water partition coefficient (Wildman–Crippen LogP) is 3.17. The summed E-state index contributed by atoms with van der Waals surface area (Å²) in [6, 6.07) is 4.05. The summed E-state index contributed by atoms with van der Waals surface area (Å²) in [7, 11) is 2.04. The largest absolute Gasteiger partial charge is 0.354 e. The van der Waals surface area contributed by atoms with Gasteiger partial charge < -0.3 is 15.2 Å². The van der Waals surface area contributed by atoms with E-state index in [-0.39, 0.29) is 18.1 Å². The Kier molecular flexibility index (Phi) is 5.60. The second kappa shape index (κ2) is 7.45. The van der Waals surface area contributed by atoms with Crippen molar-refractivity contribution in [2.45, 2.75) is 45.7 Å². The molecule has 0 radical (unpaired) electrons. The zero-order valence-electron chi connectivity index (χ0n) is 13.6. The second-order valence-corrected chi connectivity index (χ2v) is 6.74. The van der Waals surface area contributed by atoms with Crippen LogP contribution in [0.25, 0.3) is 0 Å². The minimum Gasteiger partial charge on any atom is -0.354 e. The van der Waals surface area contributed by atoms with E-state index in [0.717, 1.165) is 23.5 Å². The lowest BCUT2D eigenvalue weighted by Gasteiger charge is -2.17. The van der Waals surface area contributed by atoms with Crippen LogP contribution in [0.2, 0.25) is 0 Å². The number of carbonyl (C=O) groups excluding carboxylic acids is 1. The van der Waals surface area contributed by atoms with Gasteiger partial charge in [0.1, 0.15) is 0 Å². The molecule has 2 N–H and O–H groups in total. The zero-order valence-corrected chi connectivity index (χ0v) is 14.4. The number of nitrogens with zero attached hydrogens (tertiary/aromatic N) is 2. The van der Waals surface area contributed by atoms with Gasteiger partial charge in [-0.05, 0) is 45.7 Å². The number of rotatable bonds is 6. The van der Waals surface area contributed by atoms with Crippen LogP contribution in [0.3, 0.4) is 0 Å². The SMILES string of the molecule is Cc1nc([C@H](C)NC(=O)N[C@@H](C)CCc2cccn2C)cs1. The van der Waals surface area contributed by atoms with Gasteiger partial charge in [-0.2, -0.15) is 0 Å². The lowest BCUT2D eigenvalue weighted by molar-refractivity contribution is 0.234. The highest BCUT2D eigenvalue weighted by Crippen LogP contribution is 2.15. The molecule has 120 valence electrons. The summed E-state index contributed by atoms with van der Waals surface area (Å²) in [5.74, 6) is 0. The van der Waals surface area contributed by atoms with Crippen LogP contribution in [0.15, 0.2) is 23.7 Å². The molecule has 2 heterocycles. The van der Waals surface area contributed by atoms with Crippen LogP contribution in [0, 0.1) is 6.92 Å². The van der Waals surface area contributed by atoms with Gasteiger partial charge in [-0.25, -0.2) is 9.78 Å². The molecule has 0 bridgehead atoms. The number of aromatic nitrogens is 2. The first-order chi connectivity index (χ1) is 10.5. The molecule has 0 aromatic carbocycles. The van der Waals surface area contributed by atoms with E-state index in [9.17, 15) is 4.79 Å². The van der Waals surface area contributed by atoms with Gasteiger partial charge in [-0.1, -0.05) is 0 Å². The van der Waals surface area contributed by atoms with E-state index in [1.807, 2.05) is 45.5 Å². The van der Waals surface area contributed by atoms with Crippen molar-refractivity contribution in [1.29, 1.82) is 0 Å². The van der Waals surface area contributed by atoms with Crippen LogP contribution in [-0.2, 0) is 13.5 Å². The van der Waals surface area contributed by atoms with Crippen LogP contribution in [0.4, 0.5) is 4.79 Å². The second-order valence-electron chi connectivity index (χ2n) is 5.68. The lowest BCUT2D eigenvalue weighted by atomic mass is 10.1. The standard InChI is InChI=1S/C16H24N4OS/c1-11(7-8-14-6-5-9-20(14)4)17-16(21)18-12(2)15-10-22-13(3)19-15/h5-6,9-12H,7-8H2,1-4H3,(H2,17,18,21)/t11-,12-/m0/s1. The fraction of sp³-hybridized carbons (Fsp3) is 0.500. The fourth-order valence-electron chi connectivity index (χ4n) is 2.31. The number of nitrogens with one attached hydrogen (secondary N) is 2. The van der Waals surface area contributed by atoms with Gasteiger partial charge in [0, 0.05) is 30.4 Å². The third-order valence-corrected chi connectivity index (χ3v) is 4.48. The summed E-state index contributed by atoms with van der Waals surface area (Å²) in [4.78, 5) is 16.4. The number of aryl methyl sites for hydroxylation is 3. The van der Waals surface area contributed by atoms with Gasteiger partial charge in [0.25, 0.3) is 0 Å². The molecule has 0 unspecified atom stereocenters. The Labute approximate surface area is 135 Å². The van der Waals surface area contributed by atoms with Gasteiger partial charge in [-0.15, -0.1) is 11.3 Å². The molecule has 22 heavy (non-hydrogen) atoms. The minimum atomic E-state index is -0.141. The molecule has 2 atom stereocenters. The average molecular weight is 320 g/mol. The Morgan fingerprint density at radius 2 is 2.18 bits per heavy atom. The molecule has 0 saturated heterocycles. The van der Waals surface area contributed by atoms with E-state index >= 15 is 0 Å². The molecule has 0 aliphatic heterocycles. The quantitative estimate of drug-likeness (QED) is 0.859. The molecule has 0 aliphatic rings. The van der Waals surface area contributed by atoms with Crippen molar-refractivity contribution < 1.29 is 4.79 Å². The number of urea groups is 1. The normalized spacial score (nSPS) is 13.6. The van der Waals surface area contributed by atoms with Gasteiger partial charge in [-0.3, -0.25) is 0 Å². The highest BCUT2D eigenvalue weighted by Gasteiger charge is 2.14. The van der Waals surface area contributed by atoms with Crippen molar-refractivity contribution in [2.75, 3.05) is 0 Å². The smallest absolute Gasteiger partial charge is 0.315 e. The van der Waals surface area contributed by atoms with Gasteiger partial charge in [0.05, 0.1) is 16.7 Å². The first-order valence-electron chi connectivity index (χ1n) is 7.55. The summed E-state index contributed by atoms with van der Waals surface area (Å²) in [6.07, 6.45) is 3.90. The average Bonchev–Trinajstić information content (AvgIpc) is 3.05. The van der Waals surface area contributed by atoms with E-state index in [4.69, 9.17) is 0 Å². The molecule has 2 aromatic rings. The third kappa shape index (κ3) is 4.59. The van der Waals surface area contributed by atoms with Crippen LogP contribution < -0.4 is 10.6 Å². The van der Waals surface area contributed by atoms with Crippen LogP contribution in [0.5, 0.6) is 0 Å². The summed E-state index contributed by atoms with van der Waals surface area (Å²) in [6.45, 7) is 5.94. The number of hydrogen-bond acceptors (Lipinski definition) is 3. The Bertz CT molecular complexity index is 619. The third-order valence-electron chi connectivity index (χ3n) is 3.69. The summed E-state index contributed by atoms with van der Waals surface area (Å²) in [5, 5.41) is 8.92. The molecule has 2 rings (SSSR count). The molecule has 0 fully saturated rings. The van der Waals surface area contributed by atoms with Crippen LogP contribution in [-0.4, -0.2) is 21.6 Å². The van der Waals surface area contributed by atoms with Crippen molar-refractivity contribution in [2.24, 2.45) is 7.05 Å². The Morgan fingerprint density at radius 1 is 1.41 bits per heavy atom. The molecular formula is C16H24N4OS. The van der Waals surface area contributed by atoms with Crippen molar-refractivity contribution in [3.05, 3.63) is 40.1 Å². The van der Waals surface area contributed by atoms with Crippen molar-refractivity contribution in [3.8, 4) is 0 Å². The topological polar surface area (TPSA) is 59.0 Å². The van der Waals surface area contributed by atoms with Gasteiger partial charge in [0.15, 0.2) is 0 Å². The van der Waals surface area contributed by atoms with Crippen molar-refractivity contribution in [3.63, 3.8) is 0 Å². The van der Waals surface area contributed by atoms with E-state index < -0.39 is 0 Å². The Balaban J connectivity index is 1.75. The first-order valence-corrected chi connectivity index (χ1v) is 8.43. The highest BCUT2D eigenvalue weighted by atomic mass is 32.1. The summed E-state index contributed by atoms with van der Waals surface area (Å²) >= 11 is 1.60. The monoisotopic (exact) mass is 320 g/mol. The molecule has 0 spiro atoms. The molecule has 0 aliphatic carbocycles. The van der Waals surface area contributed by atoms with Crippen molar-refractivity contribution >= 4 is 17.4 Å². The van der Waals surface area contributed by atoms with E-state index in [2.05, 4.69) is 26.3 Å². The zero-order chi connectivity index (χ0) is 16.1. The maximum absolute atomic E-state index is 12.0. The molecule has 5 nitrogen and oxygen atoms in total. The maximum Gasteiger partial charge on any atom is 0.315 e. The molecule has 2 amide bonds. The van der Waals surface area contributed by atoms with Crippen molar-refractivity contribution in [1.82, 2.24) is 20.2 Å². The molecule has 0 saturated carbocycles. The lowest BCUT2D eigenvalue weighted by Crippen LogP contribution is -2.42. The maximum atomic E-state index is 12.0. The fourth-order valence-corrected chi connectivity index (χ4v) is 3.01. The van der Waals surface area contributed by atoms with Gasteiger partial charge >= 0.3 is 6.03 Å². The number of hydrogen-bond donors (Lipinski definition) is 2. The Morgan fingerprint density at radius 3 is 2.77 bits per heavy atom. The van der Waals surface area contributed by atoms with Gasteiger partial charge in [0.2, 0.25) is 0 Å². The molecule has 2 aromatic heterocycles. The summed E-state index contributed by atoms with van der Waals surface area (Å²) < 4.78 is 2.11.